The van der Waals surface area contributed by atoms with E-state index in [9.17, 15) is 9.90 Å². The summed E-state index contributed by atoms with van der Waals surface area (Å²) in [5, 5.41) is 9.58. The molecule has 3 fully saturated rings. The first-order chi connectivity index (χ1) is 9.20. The number of nitrogens with zero attached hydrogens (tertiary/aromatic N) is 1. The minimum Gasteiger partial charge on any atom is -0.480 e. The van der Waals surface area contributed by atoms with Gasteiger partial charge in [0.15, 0.2) is 0 Å². The van der Waals surface area contributed by atoms with Crippen LogP contribution in [0.25, 0.3) is 0 Å². The molecule has 1 spiro atoms. The second-order valence-corrected chi connectivity index (χ2v) is 6.70. The molecule has 0 aromatic carbocycles. The summed E-state index contributed by atoms with van der Waals surface area (Å²) in [5.74, 6) is -0.225. The zero-order chi connectivity index (χ0) is 13.3. The van der Waals surface area contributed by atoms with E-state index in [0.717, 1.165) is 52.0 Å². The third kappa shape index (κ3) is 2.65. The SMILES string of the molecule is O=C(O)C(C1CCCCC1)N1CC2(CCOCC2)C1. The maximum Gasteiger partial charge on any atom is 0.321 e. The average molecular weight is 267 g/mol. The fourth-order valence-corrected chi connectivity index (χ4v) is 4.24. The highest BCUT2D eigenvalue weighted by atomic mass is 16.5. The Bertz CT molecular complexity index is 324. The number of carboxylic acids is 1. The van der Waals surface area contributed by atoms with Gasteiger partial charge in [-0.2, -0.15) is 0 Å². The minimum atomic E-state index is -0.603. The molecular weight excluding hydrogens is 242 g/mol. The fourth-order valence-electron chi connectivity index (χ4n) is 4.24. The maximum atomic E-state index is 11.6. The lowest BCUT2D eigenvalue weighted by atomic mass is 9.71. The molecule has 1 saturated carbocycles. The Morgan fingerprint density at radius 1 is 1.16 bits per heavy atom. The van der Waals surface area contributed by atoms with Crippen molar-refractivity contribution < 1.29 is 14.6 Å². The highest BCUT2D eigenvalue weighted by Gasteiger charge is 2.49. The van der Waals surface area contributed by atoms with Crippen molar-refractivity contribution in [3.05, 3.63) is 0 Å². The number of aliphatic carboxylic acids is 1. The molecule has 0 amide bonds. The van der Waals surface area contributed by atoms with Crippen molar-refractivity contribution in [2.75, 3.05) is 26.3 Å². The summed E-state index contributed by atoms with van der Waals surface area (Å²) in [4.78, 5) is 13.9. The first-order valence-corrected chi connectivity index (χ1v) is 7.75. The number of hydrogen-bond acceptors (Lipinski definition) is 3. The van der Waals surface area contributed by atoms with Gasteiger partial charge in [0.05, 0.1) is 0 Å². The van der Waals surface area contributed by atoms with Gasteiger partial charge in [-0.1, -0.05) is 19.3 Å². The molecule has 19 heavy (non-hydrogen) atoms. The number of carbonyl (C=O) groups is 1. The van der Waals surface area contributed by atoms with Crippen LogP contribution in [-0.4, -0.2) is 48.3 Å². The molecule has 3 rings (SSSR count). The Kier molecular flexibility index (Phi) is 3.81. The Hall–Kier alpha value is -0.610. The van der Waals surface area contributed by atoms with Crippen LogP contribution in [0.15, 0.2) is 0 Å². The van der Waals surface area contributed by atoms with Crippen LogP contribution in [0.5, 0.6) is 0 Å². The van der Waals surface area contributed by atoms with Gasteiger partial charge in [-0.15, -0.1) is 0 Å². The second kappa shape index (κ2) is 5.41. The lowest BCUT2D eigenvalue weighted by molar-refractivity contribution is -0.159. The minimum absolute atomic E-state index is 0.228. The predicted octanol–water partition coefficient (Wildman–Crippen LogP) is 2.13. The third-order valence-corrected chi connectivity index (χ3v) is 5.37. The number of rotatable bonds is 3. The van der Waals surface area contributed by atoms with Gasteiger partial charge in [0.1, 0.15) is 6.04 Å². The summed E-state index contributed by atoms with van der Waals surface area (Å²) in [6, 6.07) is -0.228. The van der Waals surface area contributed by atoms with E-state index < -0.39 is 5.97 Å². The quantitative estimate of drug-likeness (QED) is 0.851. The van der Waals surface area contributed by atoms with E-state index in [1.807, 2.05) is 0 Å². The highest BCUT2D eigenvalue weighted by Crippen LogP contribution is 2.43. The van der Waals surface area contributed by atoms with E-state index in [1.54, 1.807) is 0 Å². The van der Waals surface area contributed by atoms with Gasteiger partial charge < -0.3 is 9.84 Å². The van der Waals surface area contributed by atoms with Crippen LogP contribution in [0.1, 0.15) is 44.9 Å². The van der Waals surface area contributed by atoms with Crippen molar-refractivity contribution in [2.24, 2.45) is 11.3 Å². The van der Waals surface area contributed by atoms with Gasteiger partial charge in [-0.25, -0.2) is 0 Å². The molecule has 4 nitrogen and oxygen atoms in total. The molecule has 0 bridgehead atoms. The van der Waals surface area contributed by atoms with Gasteiger partial charge in [-0.3, -0.25) is 9.69 Å². The smallest absolute Gasteiger partial charge is 0.321 e. The Labute approximate surface area is 115 Å². The normalized spacial score (nSPS) is 29.9. The Balaban J connectivity index is 1.61. The van der Waals surface area contributed by atoms with E-state index in [4.69, 9.17) is 4.74 Å². The van der Waals surface area contributed by atoms with Crippen LogP contribution >= 0.6 is 0 Å². The molecule has 1 unspecified atom stereocenters. The molecule has 0 aromatic heterocycles. The number of ether oxygens (including phenoxy) is 1. The van der Waals surface area contributed by atoms with Crippen molar-refractivity contribution in [1.82, 2.24) is 4.90 Å². The Morgan fingerprint density at radius 2 is 1.79 bits per heavy atom. The highest BCUT2D eigenvalue weighted by molar-refractivity contribution is 5.74. The van der Waals surface area contributed by atoms with Gasteiger partial charge in [0, 0.05) is 31.7 Å². The molecule has 2 heterocycles. The van der Waals surface area contributed by atoms with Gasteiger partial charge in [-0.05, 0) is 31.6 Å². The fraction of sp³-hybridized carbons (Fsp3) is 0.933. The molecule has 108 valence electrons. The van der Waals surface area contributed by atoms with Crippen molar-refractivity contribution in [1.29, 1.82) is 0 Å². The summed E-state index contributed by atoms with van der Waals surface area (Å²) >= 11 is 0. The molecule has 3 aliphatic rings. The summed E-state index contributed by atoms with van der Waals surface area (Å²) < 4.78 is 5.43. The lowest BCUT2D eigenvalue weighted by Crippen LogP contribution is -2.64. The number of hydrogen-bond donors (Lipinski definition) is 1. The van der Waals surface area contributed by atoms with Crippen molar-refractivity contribution >= 4 is 5.97 Å². The summed E-state index contributed by atoms with van der Waals surface area (Å²) in [5.41, 5.74) is 0.376. The maximum absolute atomic E-state index is 11.6. The van der Waals surface area contributed by atoms with Crippen LogP contribution in [-0.2, 0) is 9.53 Å². The molecule has 2 saturated heterocycles. The molecular formula is C15H25NO3. The van der Waals surface area contributed by atoms with E-state index in [-0.39, 0.29) is 6.04 Å². The number of carboxylic acid groups (broad SMARTS) is 1. The predicted molar refractivity (Wildman–Crippen MR) is 72.1 cm³/mol. The molecule has 1 atom stereocenters. The van der Waals surface area contributed by atoms with Crippen molar-refractivity contribution in [2.45, 2.75) is 51.0 Å². The number of likely N-dealkylation sites (tertiary alicyclic amines) is 1. The first-order valence-electron chi connectivity index (χ1n) is 7.75. The molecule has 1 N–H and O–H groups in total. The van der Waals surface area contributed by atoms with E-state index in [2.05, 4.69) is 4.90 Å². The zero-order valence-electron chi connectivity index (χ0n) is 11.6. The van der Waals surface area contributed by atoms with Crippen LogP contribution in [0.2, 0.25) is 0 Å². The van der Waals surface area contributed by atoms with Crippen LogP contribution in [0, 0.1) is 11.3 Å². The monoisotopic (exact) mass is 267 g/mol. The van der Waals surface area contributed by atoms with Crippen molar-refractivity contribution in [3.8, 4) is 0 Å². The molecule has 4 heteroatoms. The van der Waals surface area contributed by atoms with E-state index in [0.29, 0.717) is 11.3 Å². The van der Waals surface area contributed by atoms with Crippen LogP contribution < -0.4 is 0 Å². The van der Waals surface area contributed by atoms with Crippen molar-refractivity contribution in [3.63, 3.8) is 0 Å². The topological polar surface area (TPSA) is 49.8 Å². The Morgan fingerprint density at radius 3 is 2.37 bits per heavy atom. The summed E-state index contributed by atoms with van der Waals surface area (Å²) in [6.45, 7) is 3.66. The van der Waals surface area contributed by atoms with Gasteiger partial charge in [0.25, 0.3) is 0 Å². The van der Waals surface area contributed by atoms with E-state index >= 15 is 0 Å². The summed E-state index contributed by atoms with van der Waals surface area (Å²) in [6.07, 6.45) is 8.13. The molecule has 1 aliphatic carbocycles. The first kappa shape index (κ1) is 13.4. The summed E-state index contributed by atoms with van der Waals surface area (Å²) in [7, 11) is 0. The molecule has 2 aliphatic heterocycles. The lowest BCUT2D eigenvalue weighted by Gasteiger charge is -2.55. The van der Waals surface area contributed by atoms with E-state index in [1.165, 1.54) is 19.3 Å². The standard InChI is InChI=1S/C15H25NO3/c17-14(18)13(12-4-2-1-3-5-12)16-10-15(11-16)6-8-19-9-7-15/h12-13H,1-11H2,(H,17,18). The van der Waals surface area contributed by atoms with Crippen LogP contribution in [0.3, 0.4) is 0 Å². The zero-order valence-corrected chi connectivity index (χ0v) is 11.6. The molecule has 0 radical (unpaired) electrons. The van der Waals surface area contributed by atoms with Gasteiger partial charge >= 0.3 is 5.97 Å². The van der Waals surface area contributed by atoms with Gasteiger partial charge in [0.2, 0.25) is 0 Å². The van der Waals surface area contributed by atoms with Crippen LogP contribution in [0.4, 0.5) is 0 Å². The molecule has 0 aromatic rings. The largest absolute Gasteiger partial charge is 0.480 e. The third-order valence-electron chi connectivity index (χ3n) is 5.37. The second-order valence-electron chi connectivity index (χ2n) is 6.70. The average Bonchev–Trinajstić information content (AvgIpc) is 2.39.